The van der Waals surface area contributed by atoms with Gasteiger partial charge in [-0.2, -0.15) is 0 Å². The summed E-state index contributed by atoms with van der Waals surface area (Å²) in [5, 5.41) is 2.71. The van der Waals surface area contributed by atoms with E-state index in [0.717, 1.165) is 12.8 Å². The van der Waals surface area contributed by atoms with Gasteiger partial charge in [-0.1, -0.05) is 31.5 Å². The smallest absolute Gasteiger partial charge is 0.255 e. The summed E-state index contributed by atoms with van der Waals surface area (Å²) >= 11 is 0. The topological polar surface area (TPSA) is 81.4 Å². The zero-order chi connectivity index (χ0) is 16.7. The lowest BCUT2D eigenvalue weighted by molar-refractivity contribution is 0.100. The molecule has 0 aliphatic carbocycles. The predicted octanol–water partition coefficient (Wildman–Crippen LogP) is 3.22. The van der Waals surface area contributed by atoms with Gasteiger partial charge in [-0.05, 0) is 36.8 Å². The number of unbranched alkanes of at least 4 members (excludes halogenated alkanes) is 1. The molecule has 3 N–H and O–H groups in total. The maximum Gasteiger partial charge on any atom is 0.255 e. The van der Waals surface area contributed by atoms with Crippen molar-refractivity contribution in [2.45, 2.75) is 19.8 Å². The van der Waals surface area contributed by atoms with E-state index in [-0.39, 0.29) is 11.5 Å². The van der Waals surface area contributed by atoms with Gasteiger partial charge in [0.15, 0.2) is 0 Å². The van der Waals surface area contributed by atoms with Crippen LogP contribution in [0.5, 0.6) is 5.75 Å². The van der Waals surface area contributed by atoms with E-state index in [1.165, 1.54) is 0 Å². The molecule has 5 heteroatoms. The highest BCUT2D eigenvalue weighted by atomic mass is 16.5. The Morgan fingerprint density at radius 1 is 1.13 bits per heavy atom. The molecule has 0 unspecified atom stereocenters. The predicted molar refractivity (Wildman–Crippen MR) is 89.8 cm³/mol. The van der Waals surface area contributed by atoms with Gasteiger partial charge in [0, 0.05) is 5.56 Å². The molecule has 0 aliphatic heterocycles. The minimum Gasteiger partial charge on any atom is -0.494 e. The Morgan fingerprint density at radius 3 is 2.65 bits per heavy atom. The van der Waals surface area contributed by atoms with Crippen LogP contribution in [-0.2, 0) is 0 Å². The van der Waals surface area contributed by atoms with Gasteiger partial charge < -0.3 is 15.8 Å². The Hall–Kier alpha value is -2.82. The van der Waals surface area contributed by atoms with Crippen LogP contribution in [0.15, 0.2) is 48.5 Å². The Bertz CT molecular complexity index is 698. The lowest BCUT2D eigenvalue weighted by Crippen LogP contribution is -2.18. The van der Waals surface area contributed by atoms with E-state index in [9.17, 15) is 9.59 Å². The Morgan fingerprint density at radius 2 is 1.91 bits per heavy atom. The highest BCUT2D eigenvalue weighted by Gasteiger charge is 2.12. The maximum atomic E-state index is 12.4. The third kappa shape index (κ3) is 4.57. The van der Waals surface area contributed by atoms with Gasteiger partial charge >= 0.3 is 0 Å². The van der Waals surface area contributed by atoms with Crippen molar-refractivity contribution in [2.75, 3.05) is 11.9 Å². The highest BCUT2D eigenvalue weighted by molar-refractivity contribution is 6.08. The molecule has 23 heavy (non-hydrogen) atoms. The number of anilines is 1. The molecule has 2 aromatic rings. The van der Waals surface area contributed by atoms with Crippen LogP contribution in [0.2, 0.25) is 0 Å². The Balaban J connectivity index is 2.12. The molecule has 0 saturated carbocycles. The number of ether oxygens (including phenoxy) is 1. The number of rotatable bonds is 7. The van der Waals surface area contributed by atoms with Crippen LogP contribution in [0, 0.1) is 0 Å². The van der Waals surface area contributed by atoms with Crippen molar-refractivity contribution in [1.82, 2.24) is 0 Å². The van der Waals surface area contributed by atoms with Crippen molar-refractivity contribution in [2.24, 2.45) is 5.73 Å². The summed E-state index contributed by atoms with van der Waals surface area (Å²) in [7, 11) is 0. The van der Waals surface area contributed by atoms with Crippen molar-refractivity contribution in [3.8, 4) is 5.75 Å². The highest BCUT2D eigenvalue weighted by Crippen LogP contribution is 2.18. The SMILES string of the molecule is CCCCOc1cccc(C(=O)Nc2ccccc2C(N)=O)c1. The van der Waals surface area contributed by atoms with Crippen LogP contribution < -0.4 is 15.8 Å². The fraction of sp³-hybridized carbons (Fsp3) is 0.222. The van der Waals surface area contributed by atoms with Crippen LogP contribution in [0.3, 0.4) is 0 Å². The summed E-state index contributed by atoms with van der Waals surface area (Å²) in [5.74, 6) is -0.258. The first-order valence-corrected chi connectivity index (χ1v) is 7.55. The second-order valence-electron chi connectivity index (χ2n) is 5.09. The van der Waals surface area contributed by atoms with E-state index in [1.54, 1.807) is 42.5 Å². The number of carbonyl (C=O) groups is 2. The summed E-state index contributed by atoms with van der Waals surface area (Å²) in [6.45, 7) is 2.70. The van der Waals surface area contributed by atoms with E-state index >= 15 is 0 Å². The maximum absolute atomic E-state index is 12.4. The molecule has 2 aromatic carbocycles. The fourth-order valence-electron chi connectivity index (χ4n) is 2.06. The number of nitrogens with one attached hydrogen (secondary N) is 1. The molecule has 120 valence electrons. The van der Waals surface area contributed by atoms with Crippen molar-refractivity contribution in [3.63, 3.8) is 0 Å². The molecule has 0 bridgehead atoms. The minimum atomic E-state index is -0.586. The molecule has 0 saturated heterocycles. The molecule has 2 amide bonds. The summed E-state index contributed by atoms with van der Waals surface area (Å²) in [6.07, 6.45) is 2.01. The number of nitrogens with two attached hydrogens (primary N) is 1. The van der Waals surface area contributed by atoms with Crippen LogP contribution >= 0.6 is 0 Å². The zero-order valence-electron chi connectivity index (χ0n) is 13.0. The number of hydrogen-bond acceptors (Lipinski definition) is 3. The minimum absolute atomic E-state index is 0.274. The first-order valence-electron chi connectivity index (χ1n) is 7.55. The lowest BCUT2D eigenvalue weighted by atomic mass is 10.1. The number of benzene rings is 2. The number of carbonyl (C=O) groups excluding carboxylic acids is 2. The number of amides is 2. The summed E-state index contributed by atoms with van der Waals surface area (Å²) in [5.41, 5.74) is 6.43. The first-order chi connectivity index (χ1) is 11.1. The largest absolute Gasteiger partial charge is 0.494 e. The standard InChI is InChI=1S/C18H20N2O3/c1-2-3-11-23-14-8-6-7-13(12-14)18(22)20-16-10-5-4-9-15(16)17(19)21/h4-10,12H,2-3,11H2,1H3,(H2,19,21)(H,20,22). The Kier molecular flexibility index (Phi) is 5.74. The van der Waals surface area contributed by atoms with Gasteiger partial charge in [0.1, 0.15) is 5.75 Å². The number of primary amides is 1. The Labute approximate surface area is 135 Å². The molecule has 0 atom stereocenters. The third-order valence-electron chi connectivity index (χ3n) is 3.30. The van der Waals surface area contributed by atoms with Gasteiger partial charge in [-0.3, -0.25) is 9.59 Å². The first kappa shape index (κ1) is 16.5. The molecule has 0 spiro atoms. The van der Waals surface area contributed by atoms with Gasteiger partial charge in [0.25, 0.3) is 11.8 Å². The van der Waals surface area contributed by atoms with Gasteiger partial charge in [-0.15, -0.1) is 0 Å². The van der Waals surface area contributed by atoms with Crippen LogP contribution in [0.1, 0.15) is 40.5 Å². The average molecular weight is 312 g/mol. The normalized spacial score (nSPS) is 10.1. The van der Waals surface area contributed by atoms with E-state index in [2.05, 4.69) is 12.2 Å². The van der Waals surface area contributed by atoms with Gasteiger partial charge in [-0.25, -0.2) is 0 Å². The number of para-hydroxylation sites is 1. The third-order valence-corrected chi connectivity index (χ3v) is 3.30. The van der Waals surface area contributed by atoms with Crippen LogP contribution in [0.4, 0.5) is 5.69 Å². The summed E-state index contributed by atoms with van der Waals surface area (Å²) in [4.78, 5) is 23.7. The van der Waals surface area contributed by atoms with E-state index in [4.69, 9.17) is 10.5 Å². The quantitative estimate of drug-likeness (QED) is 0.770. The van der Waals surface area contributed by atoms with Crippen molar-refractivity contribution < 1.29 is 14.3 Å². The molecular weight excluding hydrogens is 292 g/mol. The summed E-state index contributed by atoms with van der Waals surface area (Å²) in [6, 6.07) is 13.6. The van der Waals surface area contributed by atoms with E-state index in [0.29, 0.717) is 23.6 Å². The average Bonchev–Trinajstić information content (AvgIpc) is 2.55. The monoisotopic (exact) mass is 312 g/mol. The molecule has 0 heterocycles. The van der Waals surface area contributed by atoms with E-state index in [1.807, 2.05) is 6.07 Å². The van der Waals surface area contributed by atoms with Crippen LogP contribution in [0.25, 0.3) is 0 Å². The molecule has 0 aromatic heterocycles. The molecule has 0 radical (unpaired) electrons. The molecule has 5 nitrogen and oxygen atoms in total. The fourth-order valence-corrected chi connectivity index (χ4v) is 2.06. The van der Waals surface area contributed by atoms with Crippen molar-refractivity contribution >= 4 is 17.5 Å². The summed E-state index contributed by atoms with van der Waals surface area (Å²) < 4.78 is 5.60. The van der Waals surface area contributed by atoms with Gasteiger partial charge in [0.05, 0.1) is 17.9 Å². The molecule has 0 fully saturated rings. The second-order valence-corrected chi connectivity index (χ2v) is 5.09. The molecule has 2 rings (SSSR count). The molecular formula is C18H20N2O3. The van der Waals surface area contributed by atoms with Gasteiger partial charge in [0.2, 0.25) is 0 Å². The van der Waals surface area contributed by atoms with Crippen molar-refractivity contribution in [1.29, 1.82) is 0 Å². The lowest BCUT2D eigenvalue weighted by Gasteiger charge is -2.10. The number of hydrogen-bond donors (Lipinski definition) is 2. The van der Waals surface area contributed by atoms with E-state index < -0.39 is 5.91 Å². The van der Waals surface area contributed by atoms with Crippen molar-refractivity contribution in [3.05, 3.63) is 59.7 Å². The van der Waals surface area contributed by atoms with Crippen LogP contribution in [-0.4, -0.2) is 18.4 Å². The molecule has 0 aliphatic rings. The second kappa shape index (κ2) is 7.98. The zero-order valence-corrected chi connectivity index (χ0v) is 13.0.